The van der Waals surface area contributed by atoms with Gasteiger partial charge in [-0.25, -0.2) is 0 Å². The second-order valence-corrected chi connectivity index (χ2v) is 18.5. The monoisotopic (exact) mass is 854 g/mol. The van der Waals surface area contributed by atoms with Gasteiger partial charge >= 0.3 is 0 Å². The molecule has 2 aromatic heterocycles. The molecule has 14 aromatic rings. The van der Waals surface area contributed by atoms with Gasteiger partial charge < -0.3 is 4.42 Å². The van der Waals surface area contributed by atoms with Crippen molar-refractivity contribution in [2.45, 2.75) is 0 Å². The summed E-state index contributed by atoms with van der Waals surface area (Å²) in [6, 6.07) is 84.7. The molecule has 2 heteroatoms. The Morgan fingerprint density at radius 1 is 0.242 bits per heavy atom. The van der Waals surface area contributed by atoms with Gasteiger partial charge in [0.1, 0.15) is 11.2 Å². The predicted octanol–water partition coefficient (Wildman–Crippen LogP) is 18.9. The predicted molar refractivity (Wildman–Crippen MR) is 284 cm³/mol. The third-order valence-corrected chi connectivity index (χ3v) is 15.1. The Hall–Kier alpha value is -8.30. The van der Waals surface area contributed by atoms with Gasteiger partial charge in [0.2, 0.25) is 0 Å². The van der Waals surface area contributed by atoms with E-state index in [4.69, 9.17) is 4.42 Å². The number of furan rings is 1. The van der Waals surface area contributed by atoms with Crippen LogP contribution in [0.15, 0.2) is 235 Å². The minimum Gasteiger partial charge on any atom is -0.456 e. The van der Waals surface area contributed by atoms with E-state index in [9.17, 15) is 0 Å². The Labute approximate surface area is 385 Å². The Kier molecular flexibility index (Phi) is 8.22. The molecule has 2 heterocycles. The van der Waals surface area contributed by atoms with Gasteiger partial charge in [0.15, 0.2) is 0 Å². The van der Waals surface area contributed by atoms with Crippen molar-refractivity contribution in [2.75, 3.05) is 0 Å². The van der Waals surface area contributed by atoms with Crippen molar-refractivity contribution in [3.63, 3.8) is 0 Å². The van der Waals surface area contributed by atoms with Gasteiger partial charge in [0, 0.05) is 36.5 Å². The van der Waals surface area contributed by atoms with Gasteiger partial charge in [0.25, 0.3) is 0 Å². The molecule has 0 aliphatic carbocycles. The lowest BCUT2D eigenvalue weighted by Crippen LogP contribution is -1.91. The molecule has 0 radical (unpaired) electrons. The van der Waals surface area contributed by atoms with Gasteiger partial charge in [0.05, 0.1) is 0 Å². The molecule has 0 aliphatic heterocycles. The summed E-state index contributed by atoms with van der Waals surface area (Å²) in [5.74, 6) is 0. The van der Waals surface area contributed by atoms with E-state index in [1.807, 2.05) is 11.3 Å². The molecule has 0 bridgehead atoms. The molecule has 0 atom stereocenters. The van der Waals surface area contributed by atoms with Gasteiger partial charge in [-0.15, -0.1) is 11.3 Å². The number of hydrogen-bond acceptors (Lipinski definition) is 2. The van der Waals surface area contributed by atoms with Gasteiger partial charge in [-0.2, -0.15) is 0 Å². The quantitative estimate of drug-likeness (QED) is 0.157. The Balaban J connectivity index is 0.970. The lowest BCUT2D eigenvalue weighted by molar-refractivity contribution is 0.669. The smallest absolute Gasteiger partial charge is 0.135 e. The van der Waals surface area contributed by atoms with Crippen LogP contribution in [-0.2, 0) is 0 Å². The highest BCUT2D eigenvalue weighted by molar-refractivity contribution is 7.26. The van der Waals surface area contributed by atoms with Gasteiger partial charge in [-0.3, -0.25) is 0 Å². The summed E-state index contributed by atoms with van der Waals surface area (Å²) in [7, 11) is 0. The molecule has 14 rings (SSSR count). The number of rotatable bonds is 5. The van der Waals surface area contributed by atoms with Gasteiger partial charge in [-0.1, -0.05) is 194 Å². The summed E-state index contributed by atoms with van der Waals surface area (Å²) >= 11 is 1.90. The van der Waals surface area contributed by atoms with Crippen LogP contribution in [-0.4, -0.2) is 0 Å². The van der Waals surface area contributed by atoms with Crippen molar-refractivity contribution in [2.24, 2.45) is 0 Å². The molecule has 1 nitrogen and oxygen atoms in total. The summed E-state index contributed by atoms with van der Waals surface area (Å²) in [5, 5.41) is 14.9. The maximum absolute atomic E-state index is 6.44. The highest BCUT2D eigenvalue weighted by atomic mass is 32.1. The van der Waals surface area contributed by atoms with Crippen LogP contribution in [0.4, 0.5) is 0 Å². The molecule has 0 saturated heterocycles. The molecule has 0 N–H and O–H groups in total. The van der Waals surface area contributed by atoms with Crippen LogP contribution in [0.3, 0.4) is 0 Å². The molecule has 12 aromatic carbocycles. The summed E-state index contributed by atoms with van der Waals surface area (Å²) in [6.45, 7) is 0. The zero-order chi connectivity index (χ0) is 43.3. The zero-order valence-electron chi connectivity index (χ0n) is 35.8. The topological polar surface area (TPSA) is 13.1 Å². The van der Waals surface area contributed by atoms with E-state index in [-0.39, 0.29) is 0 Å². The van der Waals surface area contributed by atoms with Crippen molar-refractivity contribution >= 4 is 96.5 Å². The summed E-state index contributed by atoms with van der Waals surface area (Å²) in [6.07, 6.45) is 0. The molecule has 0 spiro atoms. The lowest BCUT2D eigenvalue weighted by Gasteiger charge is -2.18. The van der Waals surface area contributed by atoms with Crippen molar-refractivity contribution < 1.29 is 4.42 Å². The van der Waals surface area contributed by atoms with Crippen LogP contribution >= 0.6 is 11.3 Å². The molecule has 306 valence electrons. The largest absolute Gasteiger partial charge is 0.456 e. The fourth-order valence-electron chi connectivity index (χ4n) is 11.0. The van der Waals surface area contributed by atoms with E-state index in [0.29, 0.717) is 0 Å². The van der Waals surface area contributed by atoms with Crippen LogP contribution < -0.4 is 0 Å². The van der Waals surface area contributed by atoms with Crippen LogP contribution in [0.25, 0.3) is 141 Å². The molecule has 0 unspecified atom stereocenters. The fraction of sp³-hybridized carbons (Fsp3) is 0. The number of thiophene rings is 1. The minimum absolute atomic E-state index is 0.898. The summed E-state index contributed by atoms with van der Waals surface area (Å²) < 4.78 is 9.04. The van der Waals surface area contributed by atoms with E-state index in [1.54, 1.807) is 0 Å². The van der Waals surface area contributed by atoms with Crippen LogP contribution in [0.1, 0.15) is 0 Å². The fourth-order valence-corrected chi connectivity index (χ4v) is 12.2. The molecular weight excluding hydrogens is 817 g/mol. The second-order valence-electron chi connectivity index (χ2n) is 17.4. The molecular formula is C64H38OS. The first-order valence-electron chi connectivity index (χ1n) is 22.7. The normalized spacial score (nSPS) is 11.9. The first kappa shape index (κ1) is 37.1. The van der Waals surface area contributed by atoms with E-state index in [2.05, 4.69) is 231 Å². The molecule has 0 amide bonds. The van der Waals surface area contributed by atoms with E-state index >= 15 is 0 Å². The molecule has 0 saturated carbocycles. The van der Waals surface area contributed by atoms with E-state index in [0.717, 1.165) is 21.9 Å². The van der Waals surface area contributed by atoms with Gasteiger partial charge in [-0.05, 0) is 130 Å². The van der Waals surface area contributed by atoms with Crippen molar-refractivity contribution in [1.29, 1.82) is 0 Å². The van der Waals surface area contributed by atoms with E-state index < -0.39 is 0 Å². The van der Waals surface area contributed by atoms with Crippen LogP contribution in [0.2, 0.25) is 0 Å². The Morgan fingerprint density at radius 3 is 1.17 bits per heavy atom. The van der Waals surface area contributed by atoms with Crippen molar-refractivity contribution in [3.05, 3.63) is 231 Å². The van der Waals surface area contributed by atoms with Crippen LogP contribution in [0.5, 0.6) is 0 Å². The first-order chi connectivity index (χ1) is 32.7. The lowest BCUT2D eigenvalue weighted by atomic mass is 9.85. The number of benzene rings is 12. The number of hydrogen-bond donors (Lipinski definition) is 0. The van der Waals surface area contributed by atoms with Crippen molar-refractivity contribution in [1.82, 2.24) is 0 Å². The maximum Gasteiger partial charge on any atom is 0.135 e. The zero-order valence-corrected chi connectivity index (χ0v) is 36.6. The average molecular weight is 855 g/mol. The third-order valence-electron chi connectivity index (χ3n) is 13.8. The maximum atomic E-state index is 6.44. The minimum atomic E-state index is 0.898. The average Bonchev–Trinajstić information content (AvgIpc) is 3.95. The summed E-state index contributed by atoms with van der Waals surface area (Å²) in [5.41, 5.74) is 14.2. The Morgan fingerprint density at radius 2 is 0.636 bits per heavy atom. The highest BCUT2D eigenvalue weighted by Gasteiger charge is 2.22. The third kappa shape index (κ3) is 5.59. The second kappa shape index (κ2) is 14.6. The van der Waals surface area contributed by atoms with E-state index in [1.165, 1.54) is 119 Å². The standard InChI is InChI=1S/C64H38OS/c1-3-16-39(17-4-1)41-30-33-57-54(36-41)55-37-42(31-34-58(55)65-57)61-48-24-11-13-26-50(48)63(51-27-14-12-25-49(51)61)53-29-15-28-52-56-38-43(32-35-59(56)66-64(52)53)62-46-22-9-7-20-44(46)60(40-18-5-2-6-19-40)45-21-8-10-23-47(45)62/h1-38H. The summed E-state index contributed by atoms with van der Waals surface area (Å²) in [4.78, 5) is 0. The first-order valence-corrected chi connectivity index (χ1v) is 23.5. The number of fused-ring (bicyclic) bond motifs is 10. The van der Waals surface area contributed by atoms with Crippen LogP contribution in [0, 0.1) is 0 Å². The molecule has 0 aliphatic rings. The van der Waals surface area contributed by atoms with Crippen molar-refractivity contribution in [3.8, 4) is 55.6 Å². The Bertz CT molecular complexity index is 4160. The SMILES string of the molecule is c1ccc(-c2ccc3oc4ccc(-c5c6ccccc6c(-c6cccc7c6sc6ccc(-c8c9ccccc9c(-c9ccccc9)c9ccccc89)cc67)c6ccccc56)cc4c3c2)cc1. The molecule has 66 heavy (non-hydrogen) atoms. The molecule has 0 fully saturated rings. The highest BCUT2D eigenvalue weighted by Crippen LogP contribution is 2.50.